The highest BCUT2D eigenvalue weighted by atomic mass is 32.2. The van der Waals surface area contributed by atoms with Gasteiger partial charge in [0.15, 0.2) is 9.84 Å². The van der Waals surface area contributed by atoms with E-state index in [4.69, 9.17) is 5.11 Å². The van der Waals surface area contributed by atoms with Gasteiger partial charge in [-0.3, -0.25) is 0 Å². The molecular weight excluding hydrogens is 226 g/mol. The van der Waals surface area contributed by atoms with Gasteiger partial charge >= 0.3 is 5.92 Å². The molecule has 2 aliphatic rings. The Kier molecular flexibility index (Phi) is 1.85. The Bertz CT molecular complexity index is 570. The average Bonchev–Trinajstić information content (AvgIpc) is 2.14. The molecule has 1 saturated carbocycles. The summed E-state index contributed by atoms with van der Waals surface area (Å²) >= 11 is 0. The van der Waals surface area contributed by atoms with E-state index in [2.05, 4.69) is 11.5 Å². The van der Waals surface area contributed by atoms with Crippen molar-refractivity contribution in [2.45, 2.75) is 12.0 Å². The highest BCUT2D eigenvalue weighted by Gasteiger charge is 2.59. The number of hydrogen-bond acceptors (Lipinski definition) is 3. The van der Waals surface area contributed by atoms with E-state index in [1.807, 2.05) is 0 Å². The molecule has 0 radical (unpaired) electrons. The summed E-state index contributed by atoms with van der Waals surface area (Å²) in [5.74, 6) is -3.42. The van der Waals surface area contributed by atoms with Crippen LogP contribution in [0.2, 0.25) is 0 Å². The van der Waals surface area contributed by atoms with Gasteiger partial charge in [-0.2, -0.15) is 8.78 Å². The van der Waals surface area contributed by atoms with Crippen LogP contribution in [0.25, 0.3) is 0 Å². The monoisotopic (exact) mass is 232 g/mol. The van der Waals surface area contributed by atoms with E-state index >= 15 is 0 Å². The minimum Gasteiger partial charge on any atom is -0.382 e. The molecule has 0 aromatic rings. The summed E-state index contributed by atoms with van der Waals surface area (Å²) in [4.78, 5) is -0.310. The van der Waals surface area contributed by atoms with E-state index in [-0.39, 0.29) is 10.5 Å². The Morgan fingerprint density at radius 2 is 2.13 bits per heavy atom. The number of allylic oxidation sites excluding steroid dienone is 1. The van der Waals surface area contributed by atoms with Crippen LogP contribution in [0.5, 0.6) is 0 Å². The highest BCUT2D eigenvalue weighted by Crippen LogP contribution is 2.49. The Hall–Kier alpha value is -1.19. The number of sulfone groups is 1. The first-order valence-electron chi connectivity index (χ1n) is 3.99. The summed E-state index contributed by atoms with van der Waals surface area (Å²) < 4.78 is 48.4. The third-order valence-electron chi connectivity index (χ3n) is 2.28. The molecule has 3 nitrogen and oxygen atoms in total. The standard InChI is InChI=1S/C9H6F2O3S/c1-15(13,14)6-4-2-3-5-7(6)8(12)9(5,10)11/h4,8,12H,1H3. The summed E-state index contributed by atoms with van der Waals surface area (Å²) in [5.41, 5.74) is 3.48. The molecule has 0 amide bonds. The van der Waals surface area contributed by atoms with Gasteiger partial charge in [-0.05, 0) is 0 Å². The van der Waals surface area contributed by atoms with Crippen LogP contribution in [0.4, 0.5) is 8.78 Å². The molecule has 15 heavy (non-hydrogen) atoms. The fraction of sp³-hybridized carbons (Fsp3) is 0.333. The minimum atomic E-state index is -3.63. The summed E-state index contributed by atoms with van der Waals surface area (Å²) in [6, 6.07) is 0. The lowest BCUT2D eigenvalue weighted by molar-refractivity contribution is -0.0914. The van der Waals surface area contributed by atoms with Crippen molar-refractivity contribution >= 4 is 9.84 Å². The number of halogens is 2. The number of rotatable bonds is 1. The van der Waals surface area contributed by atoms with Crippen LogP contribution in [-0.2, 0) is 9.84 Å². The van der Waals surface area contributed by atoms with Crippen molar-refractivity contribution in [2.75, 3.05) is 6.26 Å². The lowest BCUT2D eigenvalue weighted by Crippen LogP contribution is -2.50. The van der Waals surface area contributed by atoms with E-state index in [0.29, 0.717) is 0 Å². The molecule has 0 aromatic heterocycles. The zero-order chi connectivity index (χ0) is 11.4. The van der Waals surface area contributed by atoms with Crippen molar-refractivity contribution < 1.29 is 22.3 Å². The van der Waals surface area contributed by atoms with Gasteiger partial charge in [-0.25, -0.2) is 8.42 Å². The van der Waals surface area contributed by atoms with Crippen molar-refractivity contribution in [3.8, 4) is 0 Å². The predicted octanol–water partition coefficient (Wildman–Crippen LogP) is 0.545. The van der Waals surface area contributed by atoms with Crippen LogP contribution < -0.4 is 0 Å². The molecule has 0 bridgehead atoms. The molecule has 0 aromatic carbocycles. The van der Waals surface area contributed by atoms with E-state index in [9.17, 15) is 17.2 Å². The van der Waals surface area contributed by atoms with Gasteiger partial charge in [-0.1, -0.05) is 11.5 Å². The molecule has 2 aliphatic carbocycles. The number of hydrogen-bond donors (Lipinski definition) is 1. The first-order chi connectivity index (χ1) is 6.76. The lowest BCUT2D eigenvalue weighted by Gasteiger charge is -2.38. The Balaban J connectivity index is 2.69. The van der Waals surface area contributed by atoms with Crippen LogP contribution in [0.15, 0.2) is 33.6 Å². The third kappa shape index (κ3) is 1.24. The smallest absolute Gasteiger partial charge is 0.310 e. The normalized spacial score (nSPS) is 27.2. The topological polar surface area (TPSA) is 54.4 Å². The van der Waals surface area contributed by atoms with Crippen LogP contribution in [0.1, 0.15) is 0 Å². The van der Waals surface area contributed by atoms with E-state index in [0.717, 1.165) is 12.3 Å². The Morgan fingerprint density at radius 3 is 2.67 bits per heavy atom. The number of fused-ring (bicyclic) bond motifs is 1. The maximum Gasteiger partial charge on any atom is 0.310 e. The van der Waals surface area contributed by atoms with E-state index in [1.165, 1.54) is 0 Å². The van der Waals surface area contributed by atoms with Gasteiger partial charge in [0.25, 0.3) is 0 Å². The summed E-state index contributed by atoms with van der Waals surface area (Å²) in [6.07, 6.45) is -0.144. The molecule has 0 aliphatic heterocycles. The van der Waals surface area contributed by atoms with Crippen LogP contribution in [0.3, 0.4) is 0 Å². The SMILES string of the molecule is CS(=O)(=O)C1=C2C(=C=C=C1)C(F)(F)C2O. The molecule has 1 unspecified atom stereocenters. The number of alkyl halides is 2. The summed E-state index contributed by atoms with van der Waals surface area (Å²) in [5, 5.41) is 9.12. The van der Waals surface area contributed by atoms with Gasteiger partial charge in [0, 0.05) is 17.9 Å². The number of aliphatic hydroxyl groups is 1. The minimum absolute atomic E-state index is 0.263. The van der Waals surface area contributed by atoms with Gasteiger partial charge in [-0.15, -0.1) is 0 Å². The quantitative estimate of drug-likeness (QED) is 0.671. The molecule has 2 rings (SSSR count). The van der Waals surface area contributed by atoms with Gasteiger partial charge in [0.05, 0.1) is 10.5 Å². The van der Waals surface area contributed by atoms with Crippen molar-refractivity contribution in [1.82, 2.24) is 0 Å². The van der Waals surface area contributed by atoms with Crippen molar-refractivity contribution in [2.24, 2.45) is 0 Å². The zero-order valence-corrected chi connectivity index (χ0v) is 8.40. The average molecular weight is 232 g/mol. The van der Waals surface area contributed by atoms with E-state index < -0.39 is 27.4 Å². The van der Waals surface area contributed by atoms with Gasteiger partial charge in [0.1, 0.15) is 6.10 Å². The molecule has 1 N–H and O–H groups in total. The molecule has 1 atom stereocenters. The Morgan fingerprint density at radius 1 is 1.53 bits per heavy atom. The maximum absolute atomic E-state index is 13.0. The lowest BCUT2D eigenvalue weighted by atomic mass is 9.77. The fourth-order valence-corrected chi connectivity index (χ4v) is 2.41. The molecule has 0 heterocycles. The molecule has 0 saturated heterocycles. The van der Waals surface area contributed by atoms with Gasteiger partial charge in [0.2, 0.25) is 0 Å². The third-order valence-corrected chi connectivity index (χ3v) is 3.42. The Labute approximate surface area is 84.6 Å². The molecule has 0 spiro atoms. The first kappa shape index (κ1) is 10.3. The molecule has 1 fully saturated rings. The van der Waals surface area contributed by atoms with Crippen molar-refractivity contribution in [3.05, 3.63) is 33.6 Å². The predicted molar refractivity (Wildman–Crippen MR) is 47.9 cm³/mol. The fourth-order valence-electron chi connectivity index (χ4n) is 1.52. The second kappa shape index (κ2) is 2.68. The van der Waals surface area contributed by atoms with E-state index in [1.54, 1.807) is 0 Å². The molecule has 80 valence electrons. The highest BCUT2D eigenvalue weighted by molar-refractivity contribution is 7.94. The van der Waals surface area contributed by atoms with Crippen LogP contribution >= 0.6 is 0 Å². The van der Waals surface area contributed by atoms with Crippen LogP contribution in [0, 0.1) is 0 Å². The van der Waals surface area contributed by atoms with Gasteiger partial charge < -0.3 is 5.11 Å². The van der Waals surface area contributed by atoms with Crippen LogP contribution in [-0.4, -0.2) is 31.8 Å². The molecular formula is C9H6F2O3S. The zero-order valence-electron chi connectivity index (χ0n) is 7.58. The maximum atomic E-state index is 13.0. The number of aliphatic hydroxyl groups excluding tert-OH is 1. The first-order valence-corrected chi connectivity index (χ1v) is 5.88. The largest absolute Gasteiger partial charge is 0.382 e. The van der Waals surface area contributed by atoms with Crippen molar-refractivity contribution in [1.29, 1.82) is 0 Å². The second-order valence-corrected chi connectivity index (χ2v) is 5.35. The summed E-state index contributed by atoms with van der Waals surface area (Å²) in [7, 11) is -3.63. The summed E-state index contributed by atoms with van der Waals surface area (Å²) in [6.45, 7) is 0. The second-order valence-electron chi connectivity index (χ2n) is 3.36. The molecule has 6 heteroatoms. The van der Waals surface area contributed by atoms with Crippen molar-refractivity contribution in [3.63, 3.8) is 0 Å².